The molecule has 0 bridgehead atoms. The quantitative estimate of drug-likeness (QED) is 0.354. The first-order valence-corrected chi connectivity index (χ1v) is 10.3. The predicted octanol–water partition coefficient (Wildman–Crippen LogP) is 5.84. The minimum Gasteiger partial charge on any atom is -0.493 e. The van der Waals surface area contributed by atoms with Crippen LogP contribution in [0.1, 0.15) is 16.7 Å². The highest BCUT2D eigenvalue weighted by atomic mass is 16.5. The molecule has 4 aromatic rings. The van der Waals surface area contributed by atoms with E-state index in [1.165, 1.54) is 0 Å². The van der Waals surface area contributed by atoms with Gasteiger partial charge in [-0.05, 0) is 75.9 Å². The number of hydrogen-bond donors (Lipinski definition) is 0. The Labute approximate surface area is 186 Å². The van der Waals surface area contributed by atoms with Crippen molar-refractivity contribution in [2.75, 3.05) is 28.4 Å². The summed E-state index contributed by atoms with van der Waals surface area (Å²) in [5.74, 6) is 2.73. The van der Waals surface area contributed by atoms with Gasteiger partial charge in [0.1, 0.15) is 0 Å². The lowest BCUT2D eigenvalue weighted by Crippen LogP contribution is -1.92. The van der Waals surface area contributed by atoms with E-state index in [1.807, 2.05) is 54.7 Å². The summed E-state index contributed by atoms with van der Waals surface area (Å²) in [5.41, 5.74) is 7.37. The molecule has 5 rings (SSSR count). The molecular formula is C27H23NO4. The monoisotopic (exact) mass is 425 g/mol. The molecule has 0 saturated heterocycles. The van der Waals surface area contributed by atoms with E-state index < -0.39 is 0 Å². The van der Waals surface area contributed by atoms with Crippen LogP contribution in [0.4, 0.5) is 0 Å². The molecule has 3 aromatic carbocycles. The average molecular weight is 425 g/mol. The normalized spacial score (nSPS) is 11.7. The van der Waals surface area contributed by atoms with Gasteiger partial charge in [0.15, 0.2) is 23.0 Å². The third-order valence-electron chi connectivity index (χ3n) is 5.90. The van der Waals surface area contributed by atoms with Crippen LogP contribution in [0.15, 0.2) is 60.8 Å². The smallest absolute Gasteiger partial charge is 0.161 e. The van der Waals surface area contributed by atoms with Gasteiger partial charge in [0.2, 0.25) is 0 Å². The molecule has 0 radical (unpaired) electrons. The van der Waals surface area contributed by atoms with Crippen molar-refractivity contribution in [1.29, 1.82) is 0 Å². The Balaban J connectivity index is 1.83. The second-order valence-electron chi connectivity index (χ2n) is 7.48. The van der Waals surface area contributed by atoms with E-state index >= 15 is 0 Å². The second kappa shape index (κ2) is 7.93. The zero-order valence-electron chi connectivity index (χ0n) is 18.4. The Hall–Kier alpha value is -3.99. The first-order chi connectivity index (χ1) is 15.7. The van der Waals surface area contributed by atoms with Gasteiger partial charge < -0.3 is 18.9 Å². The van der Waals surface area contributed by atoms with Crippen molar-refractivity contribution in [2.45, 2.75) is 0 Å². The second-order valence-corrected chi connectivity index (χ2v) is 7.48. The van der Waals surface area contributed by atoms with E-state index in [0.29, 0.717) is 23.0 Å². The summed E-state index contributed by atoms with van der Waals surface area (Å²) in [5, 5.41) is 1.10. The summed E-state index contributed by atoms with van der Waals surface area (Å²) in [4.78, 5) is 4.50. The van der Waals surface area contributed by atoms with Gasteiger partial charge >= 0.3 is 0 Å². The Morgan fingerprint density at radius 2 is 1.12 bits per heavy atom. The summed E-state index contributed by atoms with van der Waals surface area (Å²) in [6, 6.07) is 18.3. The fourth-order valence-electron chi connectivity index (χ4n) is 4.35. The van der Waals surface area contributed by atoms with Gasteiger partial charge in [-0.3, -0.25) is 4.98 Å². The highest BCUT2D eigenvalue weighted by molar-refractivity contribution is 6.09. The standard InChI is InChI=1S/C27H23NO4/c1-29-24-12-19-18(11-16-9-10-28-23-8-6-5-7-17(16)23)20-13-25(30-2)27(32-4)15-22(20)21(19)14-26(24)31-3/h5-15H,1-4H3. The lowest BCUT2D eigenvalue weighted by Gasteiger charge is -2.11. The van der Waals surface area contributed by atoms with Crippen LogP contribution in [-0.2, 0) is 0 Å². The number of pyridine rings is 1. The molecule has 0 saturated carbocycles. The maximum Gasteiger partial charge on any atom is 0.161 e. The topological polar surface area (TPSA) is 49.8 Å². The van der Waals surface area contributed by atoms with Gasteiger partial charge in [-0.2, -0.15) is 0 Å². The Bertz CT molecular complexity index is 1310. The minimum absolute atomic E-state index is 0.683. The summed E-state index contributed by atoms with van der Waals surface area (Å²) in [7, 11) is 6.60. The largest absolute Gasteiger partial charge is 0.493 e. The van der Waals surface area contributed by atoms with Crippen molar-refractivity contribution in [3.05, 3.63) is 77.5 Å². The first-order valence-electron chi connectivity index (χ1n) is 10.3. The van der Waals surface area contributed by atoms with Crippen LogP contribution in [0.5, 0.6) is 23.0 Å². The van der Waals surface area contributed by atoms with E-state index in [1.54, 1.807) is 28.4 Å². The molecule has 0 amide bonds. The minimum atomic E-state index is 0.683. The molecule has 1 aliphatic carbocycles. The predicted molar refractivity (Wildman–Crippen MR) is 127 cm³/mol. The van der Waals surface area contributed by atoms with Crippen LogP contribution in [0.25, 0.3) is 33.7 Å². The SMILES string of the molecule is COc1cc2c(cc1OC)-c1cc(OC)c(OC)cc1C2=Cc1ccnc2ccccc12. The van der Waals surface area contributed by atoms with Crippen LogP contribution >= 0.6 is 0 Å². The van der Waals surface area contributed by atoms with Gasteiger partial charge in [0, 0.05) is 11.6 Å². The zero-order chi connectivity index (χ0) is 22.2. The van der Waals surface area contributed by atoms with E-state index in [9.17, 15) is 0 Å². The van der Waals surface area contributed by atoms with Crippen molar-refractivity contribution >= 4 is 22.6 Å². The lowest BCUT2D eigenvalue weighted by atomic mass is 9.99. The molecule has 32 heavy (non-hydrogen) atoms. The van der Waals surface area contributed by atoms with Crippen molar-refractivity contribution in [2.24, 2.45) is 0 Å². The zero-order valence-corrected chi connectivity index (χ0v) is 18.4. The van der Waals surface area contributed by atoms with Gasteiger partial charge in [-0.1, -0.05) is 18.2 Å². The summed E-state index contributed by atoms with van der Waals surface area (Å²) in [6.07, 6.45) is 4.04. The molecule has 160 valence electrons. The van der Waals surface area contributed by atoms with Crippen LogP contribution in [0, 0.1) is 0 Å². The molecule has 0 unspecified atom stereocenters. The van der Waals surface area contributed by atoms with Crippen LogP contribution in [-0.4, -0.2) is 33.4 Å². The summed E-state index contributed by atoms with van der Waals surface area (Å²) < 4.78 is 22.4. The van der Waals surface area contributed by atoms with Crippen LogP contribution in [0.2, 0.25) is 0 Å². The fraction of sp³-hybridized carbons (Fsp3) is 0.148. The molecule has 1 heterocycles. The van der Waals surface area contributed by atoms with Crippen LogP contribution in [0.3, 0.4) is 0 Å². The summed E-state index contributed by atoms with van der Waals surface area (Å²) in [6.45, 7) is 0. The number of ether oxygens (including phenoxy) is 4. The van der Waals surface area contributed by atoms with Gasteiger partial charge in [0.05, 0.1) is 34.0 Å². The Kier molecular flexibility index (Phi) is 4.94. The Morgan fingerprint density at radius 1 is 0.625 bits per heavy atom. The van der Waals surface area contributed by atoms with Crippen molar-refractivity contribution in [3.63, 3.8) is 0 Å². The fourth-order valence-corrected chi connectivity index (χ4v) is 4.35. The molecule has 1 aliphatic rings. The van der Waals surface area contributed by atoms with Crippen LogP contribution < -0.4 is 18.9 Å². The number of aromatic nitrogens is 1. The van der Waals surface area contributed by atoms with Crippen molar-refractivity contribution in [3.8, 4) is 34.1 Å². The molecule has 5 nitrogen and oxygen atoms in total. The number of para-hydroxylation sites is 1. The number of rotatable bonds is 5. The molecule has 5 heteroatoms. The maximum absolute atomic E-state index is 5.61. The molecule has 0 aliphatic heterocycles. The number of benzene rings is 3. The van der Waals surface area contributed by atoms with Crippen molar-refractivity contribution < 1.29 is 18.9 Å². The number of hydrogen-bond acceptors (Lipinski definition) is 5. The maximum atomic E-state index is 5.61. The molecule has 0 N–H and O–H groups in total. The van der Waals surface area contributed by atoms with Crippen molar-refractivity contribution in [1.82, 2.24) is 4.98 Å². The molecule has 0 fully saturated rings. The van der Waals surface area contributed by atoms with E-state index in [4.69, 9.17) is 18.9 Å². The number of nitrogens with zero attached hydrogens (tertiary/aromatic N) is 1. The third kappa shape index (κ3) is 3.05. The first kappa shape index (κ1) is 19.9. The molecular weight excluding hydrogens is 402 g/mol. The highest BCUT2D eigenvalue weighted by Gasteiger charge is 2.28. The van der Waals surface area contributed by atoms with E-state index in [0.717, 1.165) is 44.3 Å². The average Bonchev–Trinajstić information content (AvgIpc) is 3.13. The van der Waals surface area contributed by atoms with Gasteiger partial charge in [-0.15, -0.1) is 0 Å². The molecule has 1 aromatic heterocycles. The van der Waals surface area contributed by atoms with E-state index in [-0.39, 0.29) is 0 Å². The molecule has 0 spiro atoms. The third-order valence-corrected chi connectivity index (χ3v) is 5.90. The van der Waals surface area contributed by atoms with Gasteiger partial charge in [-0.25, -0.2) is 0 Å². The molecule has 0 atom stereocenters. The Morgan fingerprint density at radius 3 is 1.66 bits per heavy atom. The van der Waals surface area contributed by atoms with E-state index in [2.05, 4.69) is 17.1 Å². The highest BCUT2D eigenvalue weighted by Crippen LogP contribution is 2.52. The lowest BCUT2D eigenvalue weighted by molar-refractivity contribution is 0.354. The summed E-state index contributed by atoms with van der Waals surface area (Å²) >= 11 is 0. The number of fused-ring (bicyclic) bond motifs is 4. The van der Waals surface area contributed by atoms with Gasteiger partial charge in [0.25, 0.3) is 0 Å². The number of methoxy groups -OCH3 is 4.